The zero-order chi connectivity index (χ0) is 13.0. The average molecular weight is 255 g/mol. The fourth-order valence-corrected chi connectivity index (χ4v) is 2.61. The Bertz CT molecular complexity index is 312. The largest absolute Gasteiger partial charge is 0.466 e. The molecule has 2 heterocycles. The van der Waals surface area contributed by atoms with Crippen LogP contribution < -0.4 is 0 Å². The summed E-state index contributed by atoms with van der Waals surface area (Å²) in [5.41, 5.74) is 0. The minimum absolute atomic E-state index is 0.0431. The maximum absolute atomic E-state index is 12.2. The van der Waals surface area contributed by atoms with Crippen LogP contribution in [0.5, 0.6) is 0 Å². The Morgan fingerprint density at radius 3 is 2.83 bits per heavy atom. The summed E-state index contributed by atoms with van der Waals surface area (Å²) in [6.45, 7) is 4.09. The van der Waals surface area contributed by atoms with Crippen molar-refractivity contribution in [1.82, 2.24) is 4.90 Å². The Balaban J connectivity index is 1.89. The number of likely N-dealkylation sites (tertiary alicyclic amines) is 1. The Morgan fingerprint density at radius 1 is 1.33 bits per heavy atom. The van der Waals surface area contributed by atoms with Crippen molar-refractivity contribution in [2.24, 2.45) is 5.92 Å². The van der Waals surface area contributed by atoms with E-state index in [1.165, 1.54) is 0 Å². The Hall–Kier alpha value is -1.10. The molecule has 1 amide bonds. The number of nitrogens with zero attached hydrogens (tertiary/aromatic N) is 1. The van der Waals surface area contributed by atoms with Crippen molar-refractivity contribution in [1.29, 1.82) is 0 Å². The van der Waals surface area contributed by atoms with E-state index in [9.17, 15) is 9.59 Å². The van der Waals surface area contributed by atoms with Gasteiger partial charge in [-0.15, -0.1) is 0 Å². The highest BCUT2D eigenvalue weighted by Crippen LogP contribution is 2.21. The third kappa shape index (κ3) is 3.02. The number of amides is 1. The molecule has 0 aromatic rings. The molecule has 0 aliphatic carbocycles. The molecular formula is C13H21NO4. The molecule has 0 radical (unpaired) electrons. The lowest BCUT2D eigenvalue weighted by atomic mass is 9.97. The van der Waals surface area contributed by atoms with Crippen LogP contribution in [0.25, 0.3) is 0 Å². The highest BCUT2D eigenvalue weighted by Gasteiger charge is 2.34. The van der Waals surface area contributed by atoms with Crippen LogP contribution >= 0.6 is 0 Å². The first-order chi connectivity index (χ1) is 8.72. The van der Waals surface area contributed by atoms with Crippen molar-refractivity contribution < 1.29 is 19.1 Å². The number of esters is 1. The van der Waals surface area contributed by atoms with E-state index in [1.54, 1.807) is 11.8 Å². The van der Waals surface area contributed by atoms with Crippen molar-refractivity contribution in [2.75, 3.05) is 26.3 Å². The third-order valence-corrected chi connectivity index (χ3v) is 3.56. The lowest BCUT2D eigenvalue weighted by Gasteiger charge is -2.32. The number of carbonyl (C=O) groups is 2. The van der Waals surface area contributed by atoms with Gasteiger partial charge in [0.2, 0.25) is 0 Å². The summed E-state index contributed by atoms with van der Waals surface area (Å²) in [5.74, 6) is -0.298. The van der Waals surface area contributed by atoms with Gasteiger partial charge in [0, 0.05) is 19.7 Å². The predicted octanol–water partition coefficient (Wildman–Crippen LogP) is 0.967. The van der Waals surface area contributed by atoms with Gasteiger partial charge in [0.05, 0.1) is 12.5 Å². The van der Waals surface area contributed by atoms with Gasteiger partial charge in [-0.1, -0.05) is 0 Å². The first-order valence-electron chi connectivity index (χ1n) is 6.79. The van der Waals surface area contributed by atoms with Gasteiger partial charge in [0.1, 0.15) is 6.10 Å². The normalized spacial score (nSPS) is 28.2. The van der Waals surface area contributed by atoms with E-state index in [0.29, 0.717) is 19.8 Å². The SMILES string of the molecule is CCOC(=O)[C@H]1CCCN(C(=O)[C@@H]2CCCO2)C1. The first kappa shape index (κ1) is 13.3. The number of ether oxygens (including phenoxy) is 2. The van der Waals surface area contributed by atoms with E-state index in [1.807, 2.05) is 0 Å². The zero-order valence-corrected chi connectivity index (χ0v) is 10.9. The van der Waals surface area contributed by atoms with Gasteiger partial charge in [-0.2, -0.15) is 0 Å². The summed E-state index contributed by atoms with van der Waals surface area (Å²) >= 11 is 0. The molecule has 0 aromatic heterocycles. The molecule has 0 spiro atoms. The quantitative estimate of drug-likeness (QED) is 0.705. The van der Waals surface area contributed by atoms with Crippen molar-refractivity contribution in [3.8, 4) is 0 Å². The van der Waals surface area contributed by atoms with E-state index in [2.05, 4.69) is 0 Å². The van der Waals surface area contributed by atoms with Crippen molar-refractivity contribution >= 4 is 11.9 Å². The van der Waals surface area contributed by atoms with Crippen LogP contribution in [0, 0.1) is 5.92 Å². The van der Waals surface area contributed by atoms with E-state index < -0.39 is 0 Å². The topological polar surface area (TPSA) is 55.8 Å². The summed E-state index contributed by atoms with van der Waals surface area (Å²) in [6, 6.07) is 0. The van der Waals surface area contributed by atoms with E-state index >= 15 is 0 Å². The van der Waals surface area contributed by atoms with Crippen LogP contribution in [0.3, 0.4) is 0 Å². The van der Waals surface area contributed by atoms with Crippen LogP contribution in [0.15, 0.2) is 0 Å². The molecule has 0 saturated carbocycles. The monoisotopic (exact) mass is 255 g/mol. The Labute approximate surface area is 107 Å². The second-order valence-electron chi connectivity index (χ2n) is 4.88. The van der Waals surface area contributed by atoms with Crippen molar-refractivity contribution in [3.63, 3.8) is 0 Å². The molecule has 0 bridgehead atoms. The molecule has 0 unspecified atom stereocenters. The molecule has 0 aromatic carbocycles. The molecule has 18 heavy (non-hydrogen) atoms. The maximum Gasteiger partial charge on any atom is 0.310 e. The van der Waals surface area contributed by atoms with Gasteiger partial charge < -0.3 is 14.4 Å². The number of hydrogen-bond acceptors (Lipinski definition) is 4. The van der Waals surface area contributed by atoms with Crippen LogP contribution in [0.2, 0.25) is 0 Å². The van der Waals surface area contributed by atoms with Gasteiger partial charge in [0.15, 0.2) is 0 Å². The smallest absolute Gasteiger partial charge is 0.310 e. The molecule has 2 aliphatic heterocycles. The molecule has 2 rings (SSSR count). The molecular weight excluding hydrogens is 234 g/mol. The second kappa shape index (κ2) is 6.18. The summed E-state index contributed by atoms with van der Waals surface area (Å²) < 4.78 is 10.4. The standard InChI is InChI=1S/C13H21NO4/c1-2-17-13(16)10-5-3-7-14(9-10)12(15)11-6-4-8-18-11/h10-11H,2-9H2,1H3/t10-,11-/m0/s1. The minimum Gasteiger partial charge on any atom is -0.466 e. The van der Waals surface area contributed by atoms with Gasteiger partial charge in [0.25, 0.3) is 5.91 Å². The molecule has 0 N–H and O–H groups in total. The Kier molecular flexibility index (Phi) is 4.58. The number of rotatable bonds is 3. The Morgan fingerprint density at radius 2 is 2.17 bits per heavy atom. The second-order valence-corrected chi connectivity index (χ2v) is 4.88. The van der Waals surface area contributed by atoms with E-state index in [0.717, 1.165) is 32.2 Å². The van der Waals surface area contributed by atoms with Gasteiger partial charge in [-0.25, -0.2) is 0 Å². The maximum atomic E-state index is 12.2. The molecule has 5 nitrogen and oxygen atoms in total. The van der Waals surface area contributed by atoms with Crippen LogP contribution in [-0.2, 0) is 19.1 Å². The van der Waals surface area contributed by atoms with Crippen molar-refractivity contribution in [3.05, 3.63) is 0 Å². The number of piperidine rings is 1. The third-order valence-electron chi connectivity index (χ3n) is 3.56. The summed E-state index contributed by atoms with van der Waals surface area (Å²) in [6.07, 6.45) is 3.15. The average Bonchev–Trinajstić information content (AvgIpc) is 2.92. The van der Waals surface area contributed by atoms with Crippen molar-refractivity contribution in [2.45, 2.75) is 38.7 Å². The number of hydrogen-bond donors (Lipinski definition) is 0. The van der Waals surface area contributed by atoms with Crippen LogP contribution in [0.4, 0.5) is 0 Å². The minimum atomic E-state index is -0.286. The van der Waals surface area contributed by atoms with Gasteiger partial charge in [-0.05, 0) is 32.6 Å². The molecule has 5 heteroatoms. The molecule has 2 fully saturated rings. The molecule has 102 valence electrons. The summed E-state index contributed by atoms with van der Waals surface area (Å²) in [5, 5.41) is 0. The van der Waals surface area contributed by atoms with E-state index in [4.69, 9.17) is 9.47 Å². The molecule has 2 saturated heterocycles. The van der Waals surface area contributed by atoms with Crippen LogP contribution in [0.1, 0.15) is 32.6 Å². The van der Waals surface area contributed by atoms with Gasteiger partial charge >= 0.3 is 5.97 Å². The highest BCUT2D eigenvalue weighted by molar-refractivity contribution is 5.82. The van der Waals surface area contributed by atoms with Crippen LogP contribution in [-0.4, -0.2) is 49.2 Å². The molecule has 2 aliphatic rings. The fourth-order valence-electron chi connectivity index (χ4n) is 2.61. The lowest BCUT2D eigenvalue weighted by molar-refractivity contribution is -0.153. The number of carbonyl (C=O) groups excluding carboxylic acids is 2. The summed E-state index contributed by atoms with van der Waals surface area (Å²) in [4.78, 5) is 25.6. The zero-order valence-electron chi connectivity index (χ0n) is 10.9. The highest BCUT2D eigenvalue weighted by atomic mass is 16.5. The lowest BCUT2D eigenvalue weighted by Crippen LogP contribution is -2.46. The summed E-state index contributed by atoms with van der Waals surface area (Å²) in [7, 11) is 0. The fraction of sp³-hybridized carbons (Fsp3) is 0.846. The van der Waals surface area contributed by atoms with Gasteiger partial charge in [-0.3, -0.25) is 9.59 Å². The molecule has 2 atom stereocenters. The first-order valence-corrected chi connectivity index (χ1v) is 6.79. The predicted molar refractivity (Wildman–Crippen MR) is 64.9 cm³/mol. The van der Waals surface area contributed by atoms with E-state index in [-0.39, 0.29) is 23.9 Å².